The summed E-state index contributed by atoms with van der Waals surface area (Å²) in [5, 5.41) is 8.56. The molecule has 0 unspecified atom stereocenters. The number of ether oxygens (including phenoxy) is 1. The Morgan fingerprint density at radius 1 is 1.58 bits per heavy atom. The summed E-state index contributed by atoms with van der Waals surface area (Å²) in [6, 6.07) is 7.24. The molecule has 2 nitrogen and oxygen atoms in total. The maximum Gasteiger partial charge on any atom is 0.122 e. The van der Waals surface area contributed by atoms with Crippen LogP contribution in [0.2, 0.25) is 0 Å². The van der Waals surface area contributed by atoms with Gasteiger partial charge in [-0.05, 0) is 37.6 Å². The number of rotatable bonds is 2. The fourth-order valence-electron chi connectivity index (χ4n) is 0.945. The Labute approximate surface area is 72.4 Å². The largest absolute Gasteiger partial charge is 0.494 e. The maximum atomic E-state index is 8.56. The van der Waals surface area contributed by atoms with Crippen LogP contribution in [0.15, 0.2) is 18.2 Å². The first-order valence-corrected chi connectivity index (χ1v) is 3.77. The first kappa shape index (κ1) is 8.61. The fraction of sp³-hybridized carbons (Fsp3) is 0.200. The predicted octanol–water partition coefficient (Wildman–Crippen LogP) is 2.14. The number of hydrogen-bond donors (Lipinski definition) is 0. The van der Waals surface area contributed by atoms with Gasteiger partial charge in [0.1, 0.15) is 5.75 Å². The van der Waals surface area contributed by atoms with E-state index >= 15 is 0 Å². The van der Waals surface area contributed by atoms with Crippen LogP contribution in [0.3, 0.4) is 0 Å². The van der Waals surface area contributed by atoms with Crippen molar-refractivity contribution in [3.63, 3.8) is 0 Å². The van der Waals surface area contributed by atoms with Gasteiger partial charge in [-0.25, -0.2) is 0 Å². The zero-order chi connectivity index (χ0) is 8.97. The van der Waals surface area contributed by atoms with Crippen LogP contribution in [0, 0.1) is 18.3 Å². The van der Waals surface area contributed by atoms with Gasteiger partial charge in [0.2, 0.25) is 0 Å². The first-order chi connectivity index (χ1) is 5.77. The van der Waals surface area contributed by atoms with E-state index in [0.717, 1.165) is 11.3 Å². The highest BCUT2D eigenvalue weighted by Crippen LogP contribution is 2.18. The summed E-state index contributed by atoms with van der Waals surface area (Å²) in [7, 11) is 0. The van der Waals surface area contributed by atoms with Gasteiger partial charge in [0.25, 0.3) is 0 Å². The Morgan fingerprint density at radius 2 is 2.33 bits per heavy atom. The second-order valence-corrected chi connectivity index (χ2v) is 2.37. The minimum absolute atomic E-state index is 0.614. The van der Waals surface area contributed by atoms with Gasteiger partial charge in [-0.1, -0.05) is 0 Å². The highest BCUT2D eigenvalue weighted by Gasteiger charge is 1.98. The Kier molecular flexibility index (Phi) is 2.71. The van der Waals surface area contributed by atoms with E-state index in [0.29, 0.717) is 12.2 Å². The smallest absolute Gasteiger partial charge is 0.122 e. The molecule has 1 rings (SSSR count). The van der Waals surface area contributed by atoms with Crippen molar-refractivity contribution in [2.75, 3.05) is 6.61 Å². The van der Waals surface area contributed by atoms with Crippen LogP contribution in [-0.2, 0) is 0 Å². The SMILES string of the molecule is [CH2]c1cc(C#N)ccc1OCC. The number of nitriles is 1. The van der Waals surface area contributed by atoms with Crippen molar-refractivity contribution in [1.29, 1.82) is 5.26 Å². The van der Waals surface area contributed by atoms with Crippen LogP contribution in [0.5, 0.6) is 5.75 Å². The Hall–Kier alpha value is -1.49. The van der Waals surface area contributed by atoms with Gasteiger partial charge in [0, 0.05) is 0 Å². The van der Waals surface area contributed by atoms with Gasteiger partial charge in [-0.3, -0.25) is 0 Å². The molecule has 0 saturated carbocycles. The lowest BCUT2D eigenvalue weighted by Gasteiger charge is -2.05. The van der Waals surface area contributed by atoms with Crippen LogP contribution in [-0.4, -0.2) is 6.61 Å². The van der Waals surface area contributed by atoms with Crippen molar-refractivity contribution in [2.24, 2.45) is 0 Å². The van der Waals surface area contributed by atoms with Crippen molar-refractivity contribution >= 4 is 0 Å². The molecular formula is C10H10NO. The lowest BCUT2D eigenvalue weighted by atomic mass is 10.1. The summed E-state index contributed by atoms with van der Waals surface area (Å²) in [6.07, 6.45) is 0. The van der Waals surface area contributed by atoms with Crippen LogP contribution in [0.25, 0.3) is 0 Å². The average Bonchev–Trinajstić information content (AvgIpc) is 2.09. The van der Waals surface area contributed by atoms with Crippen LogP contribution in [0.4, 0.5) is 0 Å². The molecule has 0 atom stereocenters. The lowest BCUT2D eigenvalue weighted by Crippen LogP contribution is -1.93. The van der Waals surface area contributed by atoms with E-state index in [2.05, 4.69) is 6.92 Å². The van der Waals surface area contributed by atoms with Gasteiger partial charge in [-0.15, -0.1) is 0 Å². The summed E-state index contributed by atoms with van der Waals surface area (Å²) >= 11 is 0. The molecule has 0 aliphatic heterocycles. The van der Waals surface area contributed by atoms with Gasteiger partial charge in [0.15, 0.2) is 0 Å². The topological polar surface area (TPSA) is 33.0 Å². The van der Waals surface area contributed by atoms with E-state index < -0.39 is 0 Å². The van der Waals surface area contributed by atoms with Gasteiger partial charge < -0.3 is 4.74 Å². The van der Waals surface area contributed by atoms with E-state index in [1.165, 1.54) is 0 Å². The van der Waals surface area contributed by atoms with Crippen molar-refractivity contribution in [2.45, 2.75) is 6.92 Å². The molecule has 0 N–H and O–H groups in total. The molecule has 0 bridgehead atoms. The van der Waals surface area contributed by atoms with E-state index in [4.69, 9.17) is 10.00 Å². The van der Waals surface area contributed by atoms with Gasteiger partial charge in [-0.2, -0.15) is 5.26 Å². The monoisotopic (exact) mass is 160 g/mol. The standard InChI is InChI=1S/C10H10NO/c1-3-12-10-5-4-9(7-11)6-8(10)2/h4-6H,2-3H2,1H3. The average molecular weight is 160 g/mol. The van der Waals surface area contributed by atoms with E-state index in [1.54, 1.807) is 18.2 Å². The zero-order valence-electron chi connectivity index (χ0n) is 7.00. The third-order valence-corrected chi connectivity index (χ3v) is 1.49. The zero-order valence-corrected chi connectivity index (χ0v) is 7.00. The van der Waals surface area contributed by atoms with Gasteiger partial charge in [0.05, 0.1) is 18.2 Å². The highest BCUT2D eigenvalue weighted by molar-refractivity contribution is 5.43. The Bertz CT molecular complexity index is 312. The summed E-state index contributed by atoms with van der Waals surface area (Å²) in [4.78, 5) is 0. The van der Waals surface area contributed by atoms with Crippen molar-refractivity contribution in [3.8, 4) is 11.8 Å². The minimum atomic E-state index is 0.614. The van der Waals surface area contributed by atoms with Crippen molar-refractivity contribution < 1.29 is 4.74 Å². The molecule has 1 radical (unpaired) electrons. The van der Waals surface area contributed by atoms with E-state index in [9.17, 15) is 0 Å². The van der Waals surface area contributed by atoms with E-state index in [1.807, 2.05) is 13.0 Å². The molecule has 1 aromatic carbocycles. The molecule has 0 heterocycles. The molecule has 0 aliphatic rings. The molecule has 0 spiro atoms. The molecular weight excluding hydrogens is 150 g/mol. The molecule has 1 aromatic rings. The maximum absolute atomic E-state index is 8.56. The summed E-state index contributed by atoms with van der Waals surface area (Å²) in [5.74, 6) is 0.747. The Morgan fingerprint density at radius 3 is 2.83 bits per heavy atom. The second-order valence-electron chi connectivity index (χ2n) is 2.37. The third-order valence-electron chi connectivity index (χ3n) is 1.49. The van der Waals surface area contributed by atoms with Crippen LogP contribution in [0.1, 0.15) is 18.1 Å². The minimum Gasteiger partial charge on any atom is -0.494 e. The summed E-state index contributed by atoms with van der Waals surface area (Å²) in [6.45, 7) is 6.31. The molecule has 0 saturated heterocycles. The number of hydrogen-bond acceptors (Lipinski definition) is 2. The first-order valence-electron chi connectivity index (χ1n) is 3.77. The molecule has 12 heavy (non-hydrogen) atoms. The Balaban J connectivity index is 2.97. The third kappa shape index (κ3) is 1.76. The summed E-state index contributed by atoms with van der Waals surface area (Å²) < 4.78 is 5.26. The van der Waals surface area contributed by atoms with Crippen molar-refractivity contribution in [3.05, 3.63) is 36.2 Å². The lowest BCUT2D eigenvalue weighted by molar-refractivity contribution is 0.339. The highest BCUT2D eigenvalue weighted by atomic mass is 16.5. The molecule has 61 valence electrons. The second kappa shape index (κ2) is 3.77. The molecule has 2 heteroatoms. The fourth-order valence-corrected chi connectivity index (χ4v) is 0.945. The molecule has 0 fully saturated rings. The molecule has 0 amide bonds. The number of benzene rings is 1. The van der Waals surface area contributed by atoms with Gasteiger partial charge >= 0.3 is 0 Å². The van der Waals surface area contributed by atoms with Crippen molar-refractivity contribution in [1.82, 2.24) is 0 Å². The molecule has 0 aliphatic carbocycles. The number of nitrogens with zero attached hydrogens (tertiary/aromatic N) is 1. The van der Waals surface area contributed by atoms with Crippen LogP contribution < -0.4 is 4.74 Å². The quantitative estimate of drug-likeness (QED) is 0.664. The summed E-state index contributed by atoms with van der Waals surface area (Å²) in [5.41, 5.74) is 1.37. The van der Waals surface area contributed by atoms with Crippen LogP contribution >= 0.6 is 0 Å². The van der Waals surface area contributed by atoms with E-state index in [-0.39, 0.29) is 0 Å². The molecule has 0 aromatic heterocycles. The normalized spacial score (nSPS) is 9.08. The predicted molar refractivity (Wildman–Crippen MR) is 46.8 cm³/mol.